The predicted molar refractivity (Wildman–Crippen MR) is 68.8 cm³/mol. The van der Waals surface area contributed by atoms with Gasteiger partial charge in [0.1, 0.15) is 20.2 Å². The standard InChI is InChI=1S/C6H6O6S2.C6H6.2Na/c7-13(8,9)5-3-1-2-4-6(5)14(10,11)12;1-2-4-6-5-3-1;;/h1-4H,(H,7,8,9)(H,10,11,12);1-6H;;/q;;2*+1/p-2. The Morgan fingerprint density at radius 3 is 0.955 bits per heavy atom. The third kappa shape index (κ3) is 8.78. The molecule has 0 atom stereocenters. The molecule has 0 bridgehead atoms. The second-order valence-corrected chi connectivity index (χ2v) is 6.21. The van der Waals surface area contributed by atoms with Crippen LogP contribution in [-0.2, 0) is 20.2 Å². The summed E-state index contributed by atoms with van der Waals surface area (Å²) in [4.78, 5) is -2.04. The molecule has 6 nitrogen and oxygen atoms in total. The van der Waals surface area contributed by atoms with E-state index in [1.165, 1.54) is 0 Å². The zero-order valence-electron chi connectivity index (χ0n) is 12.0. The van der Waals surface area contributed by atoms with Gasteiger partial charge in [-0.2, -0.15) is 0 Å². The molecule has 22 heavy (non-hydrogen) atoms. The summed E-state index contributed by atoms with van der Waals surface area (Å²) in [5.41, 5.74) is 0. The summed E-state index contributed by atoms with van der Waals surface area (Å²) in [5.74, 6) is 0. The molecular formula is C12H10Na2O6S2. The van der Waals surface area contributed by atoms with Crippen molar-refractivity contribution in [1.82, 2.24) is 0 Å². The van der Waals surface area contributed by atoms with E-state index in [9.17, 15) is 25.9 Å². The van der Waals surface area contributed by atoms with Crippen molar-refractivity contribution in [3.05, 3.63) is 60.7 Å². The molecule has 0 unspecified atom stereocenters. The summed E-state index contributed by atoms with van der Waals surface area (Å²) < 4.78 is 63.2. The number of hydrogen-bond donors (Lipinski definition) is 0. The van der Waals surface area contributed by atoms with E-state index in [2.05, 4.69) is 0 Å². The van der Waals surface area contributed by atoms with Gasteiger partial charge in [-0.05, 0) is 12.1 Å². The molecule has 0 saturated carbocycles. The molecule has 2 aromatic carbocycles. The van der Waals surface area contributed by atoms with Crippen LogP contribution < -0.4 is 59.1 Å². The van der Waals surface area contributed by atoms with Crippen LogP contribution in [0.3, 0.4) is 0 Å². The van der Waals surface area contributed by atoms with E-state index in [1.54, 1.807) is 0 Å². The van der Waals surface area contributed by atoms with E-state index in [0.29, 0.717) is 0 Å². The van der Waals surface area contributed by atoms with Crippen molar-refractivity contribution in [3.8, 4) is 0 Å². The average Bonchev–Trinajstić information content (AvgIpc) is 2.39. The third-order valence-electron chi connectivity index (χ3n) is 2.05. The topological polar surface area (TPSA) is 114 Å². The zero-order chi connectivity index (χ0) is 15.2. The fraction of sp³-hybridized carbons (Fsp3) is 0. The first-order valence-corrected chi connectivity index (χ1v) is 8.05. The Labute approximate surface area is 174 Å². The van der Waals surface area contributed by atoms with Crippen molar-refractivity contribution in [1.29, 1.82) is 0 Å². The van der Waals surface area contributed by atoms with E-state index < -0.39 is 30.0 Å². The molecule has 0 spiro atoms. The maximum absolute atomic E-state index is 10.5. The SMILES string of the molecule is O=S(=O)([O-])c1ccccc1S(=O)(=O)[O-].[Na+].[Na+].c1ccccc1. The van der Waals surface area contributed by atoms with E-state index >= 15 is 0 Å². The molecule has 2 aromatic rings. The van der Waals surface area contributed by atoms with E-state index in [-0.39, 0.29) is 59.1 Å². The Balaban J connectivity index is 0. The quantitative estimate of drug-likeness (QED) is 0.392. The number of rotatable bonds is 2. The van der Waals surface area contributed by atoms with Gasteiger partial charge in [-0.1, -0.05) is 48.5 Å². The predicted octanol–water partition coefficient (Wildman–Crippen LogP) is -4.81. The van der Waals surface area contributed by atoms with Crippen molar-refractivity contribution < 1.29 is 85.1 Å². The molecular weight excluding hydrogens is 350 g/mol. The van der Waals surface area contributed by atoms with Crippen LogP contribution in [0.25, 0.3) is 0 Å². The van der Waals surface area contributed by atoms with Crippen LogP contribution in [0, 0.1) is 0 Å². The molecule has 0 saturated heterocycles. The summed E-state index contributed by atoms with van der Waals surface area (Å²) in [6.45, 7) is 0. The maximum atomic E-state index is 10.5. The van der Waals surface area contributed by atoms with E-state index in [0.717, 1.165) is 24.3 Å². The van der Waals surface area contributed by atoms with Gasteiger partial charge in [-0.15, -0.1) is 0 Å². The molecule has 0 N–H and O–H groups in total. The third-order valence-corrected chi connectivity index (χ3v) is 3.97. The average molecular weight is 360 g/mol. The molecule has 2 rings (SSSR count). The largest absolute Gasteiger partial charge is 1.00 e. The minimum Gasteiger partial charge on any atom is -0.744 e. The first kappa shape index (κ1) is 24.5. The molecule has 108 valence electrons. The fourth-order valence-corrected chi connectivity index (χ4v) is 2.98. The van der Waals surface area contributed by atoms with Gasteiger partial charge in [0, 0.05) is 0 Å². The van der Waals surface area contributed by atoms with Crippen LogP contribution in [-0.4, -0.2) is 25.9 Å². The van der Waals surface area contributed by atoms with Gasteiger partial charge < -0.3 is 9.11 Å². The molecule has 0 aliphatic heterocycles. The van der Waals surface area contributed by atoms with E-state index in [1.807, 2.05) is 36.4 Å². The minimum absolute atomic E-state index is 0. The maximum Gasteiger partial charge on any atom is 1.00 e. The van der Waals surface area contributed by atoms with Crippen LogP contribution >= 0.6 is 0 Å². The smallest absolute Gasteiger partial charge is 0.744 e. The van der Waals surface area contributed by atoms with Crippen LogP contribution in [0.4, 0.5) is 0 Å². The van der Waals surface area contributed by atoms with Crippen molar-refractivity contribution in [3.63, 3.8) is 0 Å². The van der Waals surface area contributed by atoms with Crippen molar-refractivity contribution in [2.75, 3.05) is 0 Å². The minimum atomic E-state index is -4.95. The van der Waals surface area contributed by atoms with Gasteiger partial charge >= 0.3 is 59.1 Å². The Kier molecular flexibility index (Phi) is 12.2. The van der Waals surface area contributed by atoms with Gasteiger partial charge in [0.2, 0.25) is 0 Å². The van der Waals surface area contributed by atoms with E-state index in [4.69, 9.17) is 0 Å². The number of hydrogen-bond acceptors (Lipinski definition) is 6. The van der Waals surface area contributed by atoms with Gasteiger partial charge in [-0.3, -0.25) is 0 Å². The van der Waals surface area contributed by atoms with Crippen LogP contribution in [0.5, 0.6) is 0 Å². The Bertz CT molecular complexity index is 684. The molecule has 0 amide bonds. The second-order valence-electron chi connectivity index (χ2n) is 3.51. The van der Waals surface area contributed by atoms with Crippen molar-refractivity contribution >= 4 is 20.2 Å². The molecule has 0 aliphatic rings. The summed E-state index contributed by atoms with van der Waals surface area (Å²) >= 11 is 0. The first-order valence-electron chi connectivity index (χ1n) is 5.24. The zero-order valence-corrected chi connectivity index (χ0v) is 17.7. The van der Waals surface area contributed by atoms with Gasteiger partial charge in [0.05, 0.1) is 9.79 Å². The Morgan fingerprint density at radius 1 is 0.545 bits per heavy atom. The second kappa shape index (κ2) is 10.9. The molecule has 0 aliphatic carbocycles. The van der Waals surface area contributed by atoms with Gasteiger partial charge in [0.15, 0.2) is 0 Å². The van der Waals surface area contributed by atoms with Crippen LogP contribution in [0.2, 0.25) is 0 Å². The fourth-order valence-electron chi connectivity index (χ4n) is 1.25. The summed E-state index contributed by atoms with van der Waals surface area (Å²) in [6.07, 6.45) is 0. The van der Waals surface area contributed by atoms with Gasteiger partial charge in [0.25, 0.3) is 0 Å². The van der Waals surface area contributed by atoms with Crippen LogP contribution in [0.15, 0.2) is 70.5 Å². The molecule has 0 heterocycles. The molecule has 0 fully saturated rings. The monoisotopic (exact) mass is 360 g/mol. The Morgan fingerprint density at radius 2 is 0.773 bits per heavy atom. The van der Waals surface area contributed by atoms with Crippen molar-refractivity contribution in [2.45, 2.75) is 9.79 Å². The Hall–Kier alpha value is 0.260. The van der Waals surface area contributed by atoms with Gasteiger partial charge in [-0.25, -0.2) is 16.8 Å². The number of benzene rings is 2. The molecule has 0 aromatic heterocycles. The summed E-state index contributed by atoms with van der Waals surface area (Å²) in [6, 6.07) is 15.8. The normalized spacial score (nSPS) is 10.3. The summed E-state index contributed by atoms with van der Waals surface area (Å²) in [5, 5.41) is 0. The van der Waals surface area contributed by atoms with Crippen LogP contribution in [0.1, 0.15) is 0 Å². The van der Waals surface area contributed by atoms with Crippen molar-refractivity contribution in [2.24, 2.45) is 0 Å². The molecule has 10 heteroatoms. The summed E-state index contributed by atoms with van der Waals surface area (Å²) in [7, 11) is -9.89. The first-order chi connectivity index (χ1) is 9.23. The molecule has 0 radical (unpaired) electrons.